The number of thiol groups is 1. The van der Waals surface area contributed by atoms with E-state index < -0.39 is 47.4 Å². The van der Waals surface area contributed by atoms with Gasteiger partial charge in [0.2, 0.25) is 47.3 Å². The number of ether oxygens (including phenoxy) is 1. The van der Waals surface area contributed by atoms with Gasteiger partial charge in [-0.2, -0.15) is 12.6 Å². The van der Waals surface area contributed by atoms with Crippen LogP contribution in [0.25, 0.3) is 0 Å². The van der Waals surface area contributed by atoms with Crippen molar-refractivity contribution in [2.24, 2.45) is 0 Å². The van der Waals surface area contributed by atoms with Crippen LogP contribution in [0.1, 0.15) is 114 Å². The summed E-state index contributed by atoms with van der Waals surface area (Å²) in [6, 6.07) is 16.3. The first-order valence-corrected chi connectivity index (χ1v) is 22.7. The highest BCUT2D eigenvalue weighted by atomic mass is 32.1. The van der Waals surface area contributed by atoms with Crippen LogP contribution in [0, 0.1) is 0 Å². The zero-order chi connectivity index (χ0) is 46.6. The highest BCUT2D eigenvalue weighted by Crippen LogP contribution is 2.30. The number of unbranched alkanes of at least 4 members (excludes halogenated alkanes) is 4. The number of nitrogens with one attached hydrogen (secondary N) is 5. The third kappa shape index (κ3) is 16.4. The molecular formula is C46H63N7O10S. The average Bonchev–Trinajstić information content (AvgIpc) is 3.72. The highest BCUT2D eigenvalue weighted by molar-refractivity contribution is 7.80. The predicted molar refractivity (Wildman–Crippen MR) is 241 cm³/mol. The normalized spacial score (nSPS) is 17.2. The quantitative estimate of drug-likeness (QED) is 0.0484. The van der Waals surface area contributed by atoms with Crippen LogP contribution in [0.3, 0.4) is 0 Å². The molecule has 2 fully saturated rings. The Morgan fingerprint density at radius 3 is 1.56 bits per heavy atom. The minimum absolute atomic E-state index is 0.0216. The number of carbonyl (C=O) groups excluding carboxylic acids is 9. The lowest BCUT2D eigenvalue weighted by Crippen LogP contribution is -2.49. The number of amides is 9. The molecule has 2 aromatic carbocycles. The Labute approximate surface area is 380 Å². The van der Waals surface area contributed by atoms with Crippen LogP contribution in [0.4, 0.5) is 4.79 Å². The van der Waals surface area contributed by atoms with Gasteiger partial charge in [0.1, 0.15) is 17.7 Å². The molecule has 2 unspecified atom stereocenters. The zero-order valence-electron chi connectivity index (χ0n) is 37.0. The Balaban J connectivity index is 1.19. The molecule has 17 nitrogen and oxygen atoms in total. The van der Waals surface area contributed by atoms with E-state index in [1.807, 2.05) is 24.3 Å². The summed E-state index contributed by atoms with van der Waals surface area (Å²) in [5.41, 5.74) is 0.784. The Morgan fingerprint density at radius 2 is 1.08 bits per heavy atom. The van der Waals surface area contributed by atoms with Gasteiger partial charge in [0, 0.05) is 64.2 Å². The number of hydrogen-bond acceptors (Lipinski definition) is 11. The molecule has 348 valence electrons. The van der Waals surface area contributed by atoms with Crippen molar-refractivity contribution in [1.82, 2.24) is 36.4 Å². The third-order valence-electron chi connectivity index (χ3n) is 10.8. The van der Waals surface area contributed by atoms with Crippen molar-refractivity contribution in [1.29, 1.82) is 0 Å². The molecule has 2 aliphatic rings. The molecule has 2 saturated heterocycles. The molecular weight excluding hydrogens is 843 g/mol. The SMILES string of the molecule is CC(C)(C)OC(=O)N[C@@H](CS)C(=O)NCCCCCCNC(=O)[C@H](CCCCNC(=O)CCN1C(=O)CC(c2ccccc2)C1=O)NC(=O)CCN1C(=O)CC(c2ccccc2)C1=O. The zero-order valence-corrected chi connectivity index (χ0v) is 37.9. The number of hydrogen-bond donors (Lipinski definition) is 6. The van der Waals surface area contributed by atoms with Gasteiger partial charge < -0.3 is 31.3 Å². The van der Waals surface area contributed by atoms with Crippen molar-refractivity contribution in [3.8, 4) is 0 Å². The average molecular weight is 906 g/mol. The first-order chi connectivity index (χ1) is 30.6. The van der Waals surface area contributed by atoms with E-state index in [2.05, 4.69) is 39.2 Å². The molecule has 2 heterocycles. The van der Waals surface area contributed by atoms with Crippen molar-refractivity contribution in [2.75, 3.05) is 38.5 Å². The van der Waals surface area contributed by atoms with E-state index in [0.717, 1.165) is 33.8 Å². The summed E-state index contributed by atoms with van der Waals surface area (Å²) in [6.07, 6.45) is 3.12. The summed E-state index contributed by atoms with van der Waals surface area (Å²) >= 11 is 4.16. The molecule has 2 aliphatic heterocycles. The lowest BCUT2D eigenvalue weighted by Gasteiger charge is -2.22. The van der Waals surface area contributed by atoms with Gasteiger partial charge in [-0.15, -0.1) is 0 Å². The van der Waals surface area contributed by atoms with E-state index in [4.69, 9.17) is 4.74 Å². The maximum atomic E-state index is 13.4. The number of benzene rings is 2. The molecule has 4 atom stereocenters. The molecule has 0 aliphatic carbocycles. The van der Waals surface area contributed by atoms with Crippen LogP contribution in [0.2, 0.25) is 0 Å². The smallest absolute Gasteiger partial charge is 0.408 e. The molecule has 5 N–H and O–H groups in total. The fraction of sp³-hybridized carbons (Fsp3) is 0.543. The van der Waals surface area contributed by atoms with Gasteiger partial charge in [-0.05, 0) is 64.0 Å². The fourth-order valence-corrected chi connectivity index (χ4v) is 7.65. The minimum atomic E-state index is -0.917. The van der Waals surface area contributed by atoms with Crippen LogP contribution in [-0.4, -0.2) is 119 Å². The summed E-state index contributed by atoms with van der Waals surface area (Å²) in [7, 11) is 0. The first-order valence-electron chi connectivity index (χ1n) is 22.1. The largest absolute Gasteiger partial charge is 0.444 e. The summed E-state index contributed by atoms with van der Waals surface area (Å²) in [6.45, 7) is 6.02. The number of likely N-dealkylation sites (tertiary alicyclic amines) is 2. The van der Waals surface area contributed by atoms with E-state index in [0.29, 0.717) is 38.8 Å². The molecule has 4 rings (SSSR count). The van der Waals surface area contributed by atoms with E-state index in [1.54, 1.807) is 57.2 Å². The minimum Gasteiger partial charge on any atom is -0.444 e. The Kier molecular flexibility index (Phi) is 20.3. The Morgan fingerprint density at radius 1 is 0.625 bits per heavy atom. The van der Waals surface area contributed by atoms with Crippen molar-refractivity contribution < 1.29 is 47.9 Å². The molecule has 0 spiro atoms. The highest BCUT2D eigenvalue weighted by Gasteiger charge is 2.40. The second kappa shape index (κ2) is 25.5. The van der Waals surface area contributed by atoms with E-state index in [-0.39, 0.29) is 92.9 Å². The fourth-order valence-electron chi connectivity index (χ4n) is 7.40. The molecule has 18 heteroatoms. The standard InChI is InChI=1S/C46H63N7O10S/c1-46(2,3)63-45(62)51-36(30-64)42(59)49-25-14-5-4-13-24-48-41(58)35(50-38(55)22-27-53-40(57)29-34(44(53)61)32-18-10-7-11-19-32)20-12-15-23-47-37(54)21-26-52-39(56)28-33(43(52)60)31-16-8-6-9-17-31/h6-11,16-19,33-36,64H,4-5,12-15,20-30H2,1-3H3,(H,47,54)(H,48,58)(H,49,59)(H,50,55)(H,51,62)/t33?,34?,35-,36-/m0/s1. The van der Waals surface area contributed by atoms with Gasteiger partial charge in [0.05, 0.1) is 11.8 Å². The number of imide groups is 2. The number of alkyl carbamates (subject to hydrolysis) is 1. The molecule has 2 aromatic rings. The summed E-state index contributed by atoms with van der Waals surface area (Å²) in [5, 5.41) is 13.8. The van der Waals surface area contributed by atoms with Crippen molar-refractivity contribution in [3.63, 3.8) is 0 Å². The molecule has 64 heavy (non-hydrogen) atoms. The second-order valence-corrected chi connectivity index (χ2v) is 17.3. The monoisotopic (exact) mass is 905 g/mol. The first kappa shape index (κ1) is 50.9. The number of nitrogens with zero attached hydrogens (tertiary/aromatic N) is 2. The van der Waals surface area contributed by atoms with Crippen molar-refractivity contribution >= 4 is 66.0 Å². The molecule has 9 amide bonds. The Bertz CT molecular complexity index is 1940. The number of rotatable bonds is 25. The van der Waals surface area contributed by atoms with E-state index >= 15 is 0 Å². The van der Waals surface area contributed by atoms with E-state index in [9.17, 15) is 43.2 Å². The van der Waals surface area contributed by atoms with E-state index in [1.165, 1.54) is 0 Å². The van der Waals surface area contributed by atoms with Gasteiger partial charge in [-0.1, -0.05) is 73.5 Å². The summed E-state index contributed by atoms with van der Waals surface area (Å²) in [5.74, 6) is -4.02. The van der Waals surface area contributed by atoms with Gasteiger partial charge in [-0.3, -0.25) is 48.2 Å². The topological polar surface area (TPSA) is 229 Å². The van der Waals surface area contributed by atoms with Gasteiger partial charge >= 0.3 is 6.09 Å². The van der Waals surface area contributed by atoms with Crippen molar-refractivity contribution in [3.05, 3.63) is 71.8 Å². The van der Waals surface area contributed by atoms with Crippen LogP contribution < -0.4 is 26.6 Å². The molecule has 0 radical (unpaired) electrons. The van der Waals surface area contributed by atoms with Crippen LogP contribution >= 0.6 is 12.6 Å². The molecule has 0 aromatic heterocycles. The van der Waals surface area contributed by atoms with Gasteiger partial charge in [0.25, 0.3) is 0 Å². The number of carbonyl (C=O) groups is 9. The maximum absolute atomic E-state index is 13.4. The molecule has 0 bridgehead atoms. The third-order valence-corrected chi connectivity index (χ3v) is 11.2. The lowest BCUT2D eigenvalue weighted by atomic mass is 9.98. The summed E-state index contributed by atoms with van der Waals surface area (Å²) in [4.78, 5) is 117. The second-order valence-electron chi connectivity index (χ2n) is 16.9. The van der Waals surface area contributed by atoms with Crippen molar-refractivity contribution in [2.45, 2.75) is 121 Å². The Hall–Kier alpha value is -5.78. The maximum Gasteiger partial charge on any atom is 0.408 e. The van der Waals surface area contributed by atoms with Crippen LogP contribution in [-0.2, 0) is 43.1 Å². The molecule has 0 saturated carbocycles. The van der Waals surface area contributed by atoms with Crippen LogP contribution in [0.15, 0.2) is 60.7 Å². The predicted octanol–water partition coefficient (Wildman–Crippen LogP) is 3.24. The van der Waals surface area contributed by atoms with Crippen LogP contribution in [0.5, 0.6) is 0 Å². The lowest BCUT2D eigenvalue weighted by molar-refractivity contribution is -0.141. The van der Waals surface area contributed by atoms with Gasteiger partial charge in [0.15, 0.2) is 0 Å². The van der Waals surface area contributed by atoms with Gasteiger partial charge in [-0.25, -0.2) is 4.79 Å². The summed E-state index contributed by atoms with van der Waals surface area (Å²) < 4.78 is 5.21.